The van der Waals surface area contributed by atoms with Crippen LogP contribution in [0, 0.1) is 0 Å². The first-order valence-corrected chi connectivity index (χ1v) is 12.9. The van der Waals surface area contributed by atoms with Crippen LogP contribution in [0.4, 0.5) is 0 Å². The number of nitrogens with zero attached hydrogens (tertiary/aromatic N) is 4. The molecule has 35 heavy (non-hydrogen) atoms. The van der Waals surface area contributed by atoms with Gasteiger partial charge >= 0.3 is 0 Å². The van der Waals surface area contributed by atoms with Gasteiger partial charge in [0, 0.05) is 43.6 Å². The minimum Gasteiger partial charge on any atom is -0.493 e. The lowest BCUT2D eigenvalue weighted by molar-refractivity contribution is -0.131. The van der Waals surface area contributed by atoms with E-state index in [1.54, 1.807) is 35.3 Å². The fraction of sp³-hybridized carbons (Fsp3) is 0.364. The second-order valence-electron chi connectivity index (χ2n) is 8.14. The zero-order valence-corrected chi connectivity index (χ0v) is 20.8. The van der Waals surface area contributed by atoms with E-state index in [-0.39, 0.29) is 13.0 Å². The summed E-state index contributed by atoms with van der Waals surface area (Å²) in [5, 5.41) is 13.4. The molecule has 188 valence electrons. The van der Waals surface area contributed by atoms with Crippen LogP contribution in [0.1, 0.15) is 19.8 Å². The number of rotatable bonds is 11. The molecule has 1 aromatic carbocycles. The van der Waals surface area contributed by atoms with Crippen LogP contribution in [0.25, 0.3) is 11.1 Å². The third-order valence-corrected chi connectivity index (χ3v) is 8.08. The Balaban J connectivity index is 1.67. The van der Waals surface area contributed by atoms with Gasteiger partial charge in [-0.15, -0.1) is 0 Å². The largest absolute Gasteiger partial charge is 0.493 e. The van der Waals surface area contributed by atoms with E-state index in [0.29, 0.717) is 35.1 Å². The molecule has 0 aliphatic carbocycles. The Bertz CT molecular complexity index is 1340. The molecule has 3 rings (SSSR count). The fourth-order valence-corrected chi connectivity index (χ4v) is 4.49. The smallest absolute Gasteiger partial charge is 0.264 e. The number of aryl methyl sites for hydroxylation is 2. The van der Waals surface area contributed by atoms with Gasteiger partial charge in [0.1, 0.15) is 18.4 Å². The standard InChI is InChI=1S/C22H26ClN5O6S/c1-22(21(30)26-31,35(2,32)33)7-10-27-9-6-16(12-20(27)29)18-5-4-17(13-19(18)23)34-11-3-8-28-15-24-14-25-28/h4-6,9,12-15,31H,3,7-8,10-11H2,1-2H3,(H,26,30). The number of carbonyl (C=O) groups excluding carboxylic acids is 1. The van der Waals surface area contributed by atoms with Gasteiger partial charge in [0.05, 0.1) is 11.6 Å². The molecule has 0 aliphatic rings. The average Bonchev–Trinajstić information content (AvgIpc) is 3.33. The number of nitrogens with one attached hydrogen (secondary N) is 1. The van der Waals surface area contributed by atoms with Crippen LogP contribution < -0.4 is 15.8 Å². The van der Waals surface area contributed by atoms with Gasteiger partial charge in [-0.25, -0.2) is 18.9 Å². The molecule has 0 spiro atoms. The van der Waals surface area contributed by atoms with Crippen molar-refractivity contribution in [1.29, 1.82) is 0 Å². The number of hydrogen-bond donors (Lipinski definition) is 2. The highest BCUT2D eigenvalue weighted by molar-refractivity contribution is 7.92. The van der Waals surface area contributed by atoms with E-state index in [9.17, 15) is 18.0 Å². The van der Waals surface area contributed by atoms with Crippen LogP contribution in [-0.2, 0) is 27.7 Å². The van der Waals surface area contributed by atoms with Crippen LogP contribution in [0.5, 0.6) is 5.75 Å². The SMILES string of the molecule is CC(CCn1ccc(-c2ccc(OCCCn3cncn3)cc2Cl)cc1=O)(C(=O)NO)S(C)(=O)=O. The molecule has 0 radical (unpaired) electrons. The van der Waals surface area contributed by atoms with E-state index in [2.05, 4.69) is 10.1 Å². The molecule has 0 saturated carbocycles. The molecule has 2 heterocycles. The molecule has 11 nitrogen and oxygen atoms in total. The lowest BCUT2D eigenvalue weighted by Gasteiger charge is -2.25. The number of hydroxylamine groups is 1. The molecule has 0 fully saturated rings. The highest BCUT2D eigenvalue weighted by Gasteiger charge is 2.43. The Morgan fingerprint density at radius 2 is 2.03 bits per heavy atom. The van der Waals surface area contributed by atoms with Crippen molar-refractivity contribution in [3.63, 3.8) is 0 Å². The lowest BCUT2D eigenvalue weighted by Crippen LogP contribution is -2.49. The maximum absolute atomic E-state index is 12.7. The van der Waals surface area contributed by atoms with E-state index in [1.807, 2.05) is 0 Å². The van der Waals surface area contributed by atoms with Gasteiger partial charge in [-0.1, -0.05) is 11.6 Å². The monoisotopic (exact) mass is 523 g/mol. The fourth-order valence-electron chi connectivity index (χ4n) is 3.36. The molecule has 0 saturated heterocycles. The Morgan fingerprint density at radius 3 is 2.63 bits per heavy atom. The third kappa shape index (κ3) is 6.27. The van der Waals surface area contributed by atoms with Gasteiger partial charge in [-0.2, -0.15) is 5.10 Å². The van der Waals surface area contributed by atoms with E-state index in [0.717, 1.165) is 12.7 Å². The number of amides is 1. The van der Waals surface area contributed by atoms with Crippen molar-refractivity contribution in [2.24, 2.45) is 0 Å². The molecule has 0 aliphatic heterocycles. The topological polar surface area (TPSA) is 145 Å². The Hall–Kier alpha value is -3.22. The minimum absolute atomic E-state index is 0.0504. The van der Waals surface area contributed by atoms with Crippen LogP contribution in [-0.4, -0.2) is 56.5 Å². The Labute approximate surface area is 207 Å². The summed E-state index contributed by atoms with van der Waals surface area (Å²) in [7, 11) is -3.86. The quantitative estimate of drug-likeness (QED) is 0.220. The van der Waals surface area contributed by atoms with Gasteiger partial charge in [-0.3, -0.25) is 19.5 Å². The van der Waals surface area contributed by atoms with Crippen molar-refractivity contribution in [3.05, 3.63) is 64.6 Å². The molecule has 2 N–H and O–H groups in total. The Kier molecular flexibility index (Phi) is 8.30. The van der Waals surface area contributed by atoms with Gasteiger partial charge in [0.2, 0.25) is 0 Å². The summed E-state index contributed by atoms with van der Waals surface area (Å²) in [6.45, 7) is 2.29. The number of halogens is 1. The summed E-state index contributed by atoms with van der Waals surface area (Å²) < 4.78 is 31.1. The van der Waals surface area contributed by atoms with Crippen molar-refractivity contribution in [3.8, 4) is 16.9 Å². The predicted octanol–water partition coefficient (Wildman–Crippen LogP) is 1.93. The van der Waals surface area contributed by atoms with E-state index in [1.165, 1.54) is 35.6 Å². The number of ether oxygens (including phenoxy) is 1. The molecular weight excluding hydrogens is 498 g/mol. The second-order valence-corrected chi connectivity index (χ2v) is 11.0. The number of sulfone groups is 1. The number of aromatic nitrogens is 4. The Morgan fingerprint density at radius 1 is 1.26 bits per heavy atom. The molecule has 0 bridgehead atoms. The number of carbonyl (C=O) groups is 1. The molecule has 13 heteroatoms. The predicted molar refractivity (Wildman–Crippen MR) is 129 cm³/mol. The summed E-state index contributed by atoms with van der Waals surface area (Å²) in [6, 6.07) is 8.23. The van der Waals surface area contributed by atoms with E-state index >= 15 is 0 Å². The van der Waals surface area contributed by atoms with Crippen molar-refractivity contribution >= 4 is 27.3 Å². The molecule has 2 aromatic heterocycles. The molecular formula is C22H26ClN5O6S. The highest BCUT2D eigenvalue weighted by atomic mass is 35.5. The first-order valence-electron chi connectivity index (χ1n) is 10.6. The van der Waals surface area contributed by atoms with Crippen LogP contribution in [0.2, 0.25) is 5.02 Å². The van der Waals surface area contributed by atoms with Crippen molar-refractivity contribution in [2.45, 2.75) is 37.6 Å². The van der Waals surface area contributed by atoms with Crippen LogP contribution in [0.3, 0.4) is 0 Å². The summed E-state index contributed by atoms with van der Waals surface area (Å²) in [6.07, 6.45) is 6.04. The zero-order chi connectivity index (χ0) is 25.6. The summed E-state index contributed by atoms with van der Waals surface area (Å²) in [4.78, 5) is 28.5. The van der Waals surface area contributed by atoms with E-state index in [4.69, 9.17) is 21.5 Å². The maximum Gasteiger partial charge on any atom is 0.264 e. The highest BCUT2D eigenvalue weighted by Crippen LogP contribution is 2.31. The molecule has 1 unspecified atom stereocenters. The van der Waals surface area contributed by atoms with Crippen molar-refractivity contribution < 1.29 is 23.2 Å². The normalized spacial score (nSPS) is 13.3. The van der Waals surface area contributed by atoms with Crippen LogP contribution >= 0.6 is 11.6 Å². The van der Waals surface area contributed by atoms with Crippen molar-refractivity contribution in [2.75, 3.05) is 12.9 Å². The van der Waals surface area contributed by atoms with Crippen molar-refractivity contribution in [1.82, 2.24) is 24.8 Å². The van der Waals surface area contributed by atoms with Gasteiger partial charge in [-0.05, 0) is 43.2 Å². The van der Waals surface area contributed by atoms with Gasteiger partial charge in [0.15, 0.2) is 14.6 Å². The number of pyridine rings is 1. The summed E-state index contributed by atoms with van der Waals surface area (Å²) in [5.41, 5.74) is 2.20. The lowest BCUT2D eigenvalue weighted by atomic mass is 10.1. The second kappa shape index (κ2) is 11.0. The maximum atomic E-state index is 12.7. The summed E-state index contributed by atoms with van der Waals surface area (Å²) in [5.74, 6) is -0.468. The number of hydrogen-bond acceptors (Lipinski definition) is 8. The van der Waals surface area contributed by atoms with Gasteiger partial charge in [0.25, 0.3) is 11.5 Å². The van der Waals surface area contributed by atoms with E-state index < -0.39 is 26.1 Å². The first-order chi connectivity index (χ1) is 16.5. The number of benzene rings is 1. The molecule has 1 amide bonds. The molecule has 3 aromatic rings. The average molecular weight is 524 g/mol. The zero-order valence-electron chi connectivity index (χ0n) is 19.2. The van der Waals surface area contributed by atoms with Crippen LogP contribution in [0.15, 0.2) is 54.0 Å². The summed E-state index contributed by atoms with van der Waals surface area (Å²) >= 11 is 6.43. The third-order valence-electron chi connectivity index (χ3n) is 5.74. The minimum atomic E-state index is -3.86. The van der Waals surface area contributed by atoms with Gasteiger partial charge < -0.3 is 9.30 Å². The first kappa shape index (κ1) is 26.4. The molecule has 1 atom stereocenters.